The van der Waals surface area contributed by atoms with E-state index in [0.29, 0.717) is 12.4 Å². The summed E-state index contributed by atoms with van der Waals surface area (Å²) in [7, 11) is -3.80. The molecule has 0 saturated heterocycles. The fourth-order valence-corrected chi connectivity index (χ4v) is 2.11. The Morgan fingerprint density at radius 3 is 2.59 bits per heavy atom. The molecule has 0 unspecified atom stereocenters. The predicted molar refractivity (Wildman–Crippen MR) is 67.2 cm³/mol. The molecule has 17 heavy (non-hydrogen) atoms. The van der Waals surface area contributed by atoms with Crippen molar-refractivity contribution < 1.29 is 13.2 Å². The molecule has 96 valence electrons. The monoisotopic (exact) mass is 258 g/mol. The second-order valence-electron chi connectivity index (χ2n) is 3.77. The van der Waals surface area contributed by atoms with Gasteiger partial charge in [-0.05, 0) is 18.6 Å². The average molecular weight is 258 g/mol. The van der Waals surface area contributed by atoms with Crippen molar-refractivity contribution >= 4 is 15.7 Å². The van der Waals surface area contributed by atoms with Crippen LogP contribution in [-0.4, -0.2) is 15.0 Å². The first kappa shape index (κ1) is 13.8. The quantitative estimate of drug-likeness (QED) is 0.597. The number of hydrogen-bond donors (Lipinski definition) is 2. The Kier molecular flexibility index (Phi) is 4.77. The van der Waals surface area contributed by atoms with E-state index in [0.717, 1.165) is 19.3 Å². The summed E-state index contributed by atoms with van der Waals surface area (Å²) in [6.07, 6.45) is 3.07. The number of anilines is 1. The first-order valence-corrected chi connectivity index (χ1v) is 7.05. The Morgan fingerprint density at radius 2 is 2.00 bits per heavy atom. The number of benzene rings is 1. The Balaban J connectivity index is 2.81. The molecule has 1 aromatic carbocycles. The van der Waals surface area contributed by atoms with Gasteiger partial charge in [-0.15, -0.1) is 0 Å². The van der Waals surface area contributed by atoms with Gasteiger partial charge in [-0.25, -0.2) is 13.6 Å². The molecule has 0 radical (unpaired) electrons. The zero-order valence-corrected chi connectivity index (χ0v) is 10.7. The number of nitrogen functional groups attached to an aromatic ring is 1. The highest BCUT2D eigenvalue weighted by atomic mass is 32.2. The van der Waals surface area contributed by atoms with Crippen LogP contribution in [0.2, 0.25) is 0 Å². The molecule has 0 spiro atoms. The molecule has 0 atom stereocenters. The van der Waals surface area contributed by atoms with Gasteiger partial charge in [0.25, 0.3) is 0 Å². The van der Waals surface area contributed by atoms with Crippen molar-refractivity contribution in [3.05, 3.63) is 18.2 Å². The summed E-state index contributed by atoms with van der Waals surface area (Å²) in [5.41, 5.74) is 5.78. The van der Waals surface area contributed by atoms with Crippen LogP contribution in [0.4, 0.5) is 5.69 Å². The van der Waals surface area contributed by atoms with E-state index in [1.807, 2.05) is 0 Å². The average Bonchev–Trinajstić information content (AvgIpc) is 2.25. The first-order chi connectivity index (χ1) is 7.96. The summed E-state index contributed by atoms with van der Waals surface area (Å²) < 4.78 is 27.9. The normalized spacial score (nSPS) is 11.4. The number of unbranched alkanes of at least 4 members (excludes halogenated alkanes) is 2. The third-order valence-corrected chi connectivity index (χ3v) is 3.31. The van der Waals surface area contributed by atoms with Gasteiger partial charge in [-0.2, -0.15) is 0 Å². The molecule has 0 aliphatic carbocycles. The number of nitrogens with two attached hydrogens (primary N) is 2. The van der Waals surface area contributed by atoms with Gasteiger partial charge in [0.1, 0.15) is 10.6 Å². The third-order valence-electron chi connectivity index (χ3n) is 2.34. The van der Waals surface area contributed by atoms with Gasteiger partial charge in [-0.1, -0.05) is 25.8 Å². The van der Waals surface area contributed by atoms with E-state index in [2.05, 4.69) is 6.92 Å². The minimum Gasteiger partial charge on any atom is -0.491 e. The van der Waals surface area contributed by atoms with Crippen molar-refractivity contribution in [2.75, 3.05) is 12.3 Å². The second-order valence-corrected chi connectivity index (χ2v) is 5.30. The van der Waals surface area contributed by atoms with Crippen LogP contribution < -0.4 is 15.6 Å². The van der Waals surface area contributed by atoms with Gasteiger partial charge < -0.3 is 10.5 Å². The van der Waals surface area contributed by atoms with Gasteiger partial charge in [0.15, 0.2) is 0 Å². The molecular weight excluding hydrogens is 240 g/mol. The molecule has 1 rings (SSSR count). The molecule has 0 heterocycles. The van der Waals surface area contributed by atoms with Crippen LogP contribution in [0.3, 0.4) is 0 Å². The molecule has 5 nitrogen and oxygen atoms in total. The van der Waals surface area contributed by atoms with Gasteiger partial charge in [0, 0.05) is 0 Å². The van der Waals surface area contributed by atoms with E-state index in [4.69, 9.17) is 15.6 Å². The van der Waals surface area contributed by atoms with E-state index in [9.17, 15) is 8.42 Å². The van der Waals surface area contributed by atoms with E-state index in [-0.39, 0.29) is 10.6 Å². The van der Waals surface area contributed by atoms with E-state index >= 15 is 0 Å². The molecule has 4 N–H and O–H groups in total. The van der Waals surface area contributed by atoms with Crippen molar-refractivity contribution in [1.82, 2.24) is 0 Å². The van der Waals surface area contributed by atoms with Crippen molar-refractivity contribution in [3.8, 4) is 5.75 Å². The molecule has 6 heteroatoms. The van der Waals surface area contributed by atoms with Crippen LogP contribution >= 0.6 is 0 Å². The molecule has 1 aromatic rings. The molecule has 0 fully saturated rings. The largest absolute Gasteiger partial charge is 0.491 e. The standard InChI is InChI=1S/C11H18N2O3S/c1-2-3-4-8-16-9-6-5-7-10(11(9)12)17(13,14)15/h5-7H,2-4,8,12H2,1H3,(H2,13,14,15). The summed E-state index contributed by atoms with van der Waals surface area (Å²) in [5, 5.41) is 5.04. The summed E-state index contributed by atoms with van der Waals surface area (Å²) in [5.74, 6) is 0.368. The molecule has 0 amide bonds. The Hall–Kier alpha value is -1.27. The third kappa shape index (κ3) is 3.90. The lowest BCUT2D eigenvalue weighted by Gasteiger charge is -2.10. The lowest BCUT2D eigenvalue weighted by molar-refractivity contribution is 0.307. The maximum atomic E-state index is 11.2. The number of rotatable bonds is 6. The smallest absolute Gasteiger partial charge is 0.240 e. The van der Waals surface area contributed by atoms with E-state index < -0.39 is 10.0 Å². The lowest BCUT2D eigenvalue weighted by atomic mass is 10.2. The first-order valence-electron chi connectivity index (χ1n) is 5.51. The van der Waals surface area contributed by atoms with Crippen LogP contribution in [0.25, 0.3) is 0 Å². The number of hydrogen-bond acceptors (Lipinski definition) is 4. The summed E-state index contributed by atoms with van der Waals surface area (Å²) in [6.45, 7) is 2.61. The van der Waals surface area contributed by atoms with Crippen LogP contribution in [0.5, 0.6) is 5.75 Å². The maximum absolute atomic E-state index is 11.2. The highest BCUT2D eigenvalue weighted by molar-refractivity contribution is 7.89. The van der Waals surface area contributed by atoms with Crippen LogP contribution in [0.1, 0.15) is 26.2 Å². The highest BCUT2D eigenvalue weighted by Crippen LogP contribution is 2.27. The molecule has 0 saturated carbocycles. The molecule has 0 aliphatic rings. The summed E-state index contributed by atoms with van der Waals surface area (Å²) in [4.78, 5) is -0.0921. The van der Waals surface area contributed by atoms with Crippen LogP contribution in [-0.2, 0) is 10.0 Å². The van der Waals surface area contributed by atoms with Gasteiger partial charge >= 0.3 is 0 Å². The van der Waals surface area contributed by atoms with E-state index in [1.54, 1.807) is 12.1 Å². The Bertz CT molecular complexity index is 472. The topological polar surface area (TPSA) is 95.4 Å². The zero-order chi connectivity index (χ0) is 12.9. The van der Waals surface area contributed by atoms with Crippen LogP contribution in [0.15, 0.2) is 23.1 Å². The minimum atomic E-state index is -3.80. The fraction of sp³-hybridized carbons (Fsp3) is 0.455. The van der Waals surface area contributed by atoms with Gasteiger partial charge in [0.2, 0.25) is 10.0 Å². The van der Waals surface area contributed by atoms with E-state index in [1.165, 1.54) is 6.07 Å². The fourth-order valence-electron chi connectivity index (χ4n) is 1.43. The Morgan fingerprint density at radius 1 is 1.29 bits per heavy atom. The molecule has 0 bridgehead atoms. The Labute approximate surface area is 102 Å². The van der Waals surface area contributed by atoms with Crippen LogP contribution in [0, 0.1) is 0 Å². The lowest BCUT2D eigenvalue weighted by Crippen LogP contribution is -2.15. The predicted octanol–water partition coefficient (Wildman–Crippen LogP) is 1.49. The second kappa shape index (κ2) is 5.88. The zero-order valence-electron chi connectivity index (χ0n) is 9.85. The highest BCUT2D eigenvalue weighted by Gasteiger charge is 2.15. The van der Waals surface area contributed by atoms with Crippen molar-refractivity contribution in [2.24, 2.45) is 5.14 Å². The SMILES string of the molecule is CCCCCOc1cccc(S(N)(=O)=O)c1N. The summed E-state index contributed by atoms with van der Waals surface area (Å²) in [6, 6.07) is 4.56. The number of sulfonamides is 1. The van der Waals surface area contributed by atoms with Gasteiger partial charge in [0.05, 0.1) is 12.3 Å². The number of ether oxygens (including phenoxy) is 1. The van der Waals surface area contributed by atoms with Crippen molar-refractivity contribution in [3.63, 3.8) is 0 Å². The molecule has 0 aliphatic heterocycles. The minimum absolute atomic E-state index is 0.0755. The summed E-state index contributed by atoms with van der Waals surface area (Å²) >= 11 is 0. The van der Waals surface area contributed by atoms with Crippen molar-refractivity contribution in [1.29, 1.82) is 0 Å². The number of para-hydroxylation sites is 1. The maximum Gasteiger partial charge on any atom is 0.240 e. The van der Waals surface area contributed by atoms with Crippen molar-refractivity contribution in [2.45, 2.75) is 31.1 Å². The number of primary sulfonamides is 1. The van der Waals surface area contributed by atoms with Gasteiger partial charge in [-0.3, -0.25) is 0 Å². The molecular formula is C11H18N2O3S. The molecule has 0 aromatic heterocycles.